The van der Waals surface area contributed by atoms with Gasteiger partial charge in [-0.1, -0.05) is 24.6 Å². The highest BCUT2D eigenvalue weighted by molar-refractivity contribution is 6.31. The second-order valence-electron chi connectivity index (χ2n) is 3.30. The van der Waals surface area contributed by atoms with Gasteiger partial charge in [-0.2, -0.15) is 0 Å². The van der Waals surface area contributed by atoms with Gasteiger partial charge in [0, 0.05) is 28.6 Å². The Kier molecular flexibility index (Phi) is 2.69. The van der Waals surface area contributed by atoms with Crippen molar-refractivity contribution in [1.29, 1.82) is 0 Å². The number of carbonyl (C=O) groups excluding carboxylic acids is 1. The molecule has 1 heterocycles. The van der Waals surface area contributed by atoms with Crippen molar-refractivity contribution in [3.8, 4) is 0 Å². The summed E-state index contributed by atoms with van der Waals surface area (Å²) >= 11 is 5.86. The standard InChI is InChI=1S/C12H10ClNO/c1-2-12(15)10-5-6-14-11-7-8(13)3-4-9(10)11/h3-7H,2H2,1H3. The van der Waals surface area contributed by atoms with E-state index in [0.717, 1.165) is 16.5 Å². The normalized spacial score (nSPS) is 10.5. The Balaban J connectivity index is 2.71. The fraction of sp³-hybridized carbons (Fsp3) is 0.167. The van der Waals surface area contributed by atoms with Crippen LogP contribution in [0.1, 0.15) is 23.7 Å². The maximum atomic E-state index is 11.7. The first-order valence-corrected chi connectivity index (χ1v) is 5.17. The molecule has 1 aromatic heterocycles. The molecule has 0 atom stereocenters. The number of hydrogen-bond acceptors (Lipinski definition) is 2. The van der Waals surface area contributed by atoms with E-state index in [1.165, 1.54) is 0 Å². The van der Waals surface area contributed by atoms with Gasteiger partial charge in [-0.15, -0.1) is 0 Å². The number of ketones is 1. The Hall–Kier alpha value is -1.41. The van der Waals surface area contributed by atoms with Gasteiger partial charge in [-0.3, -0.25) is 9.78 Å². The molecule has 0 radical (unpaired) electrons. The number of hydrogen-bond donors (Lipinski definition) is 0. The van der Waals surface area contributed by atoms with E-state index < -0.39 is 0 Å². The number of halogens is 1. The summed E-state index contributed by atoms with van der Waals surface area (Å²) in [5.41, 5.74) is 1.49. The Bertz CT molecular complexity index is 522. The van der Waals surface area contributed by atoms with Crippen LogP contribution in [-0.2, 0) is 0 Å². The van der Waals surface area contributed by atoms with E-state index in [-0.39, 0.29) is 5.78 Å². The molecular formula is C12H10ClNO. The summed E-state index contributed by atoms with van der Waals surface area (Å²) < 4.78 is 0. The Labute approximate surface area is 92.9 Å². The number of pyridine rings is 1. The van der Waals surface area contributed by atoms with Crippen molar-refractivity contribution in [2.75, 3.05) is 0 Å². The number of aromatic nitrogens is 1. The van der Waals surface area contributed by atoms with Crippen LogP contribution in [0.4, 0.5) is 0 Å². The number of fused-ring (bicyclic) bond motifs is 1. The molecule has 0 aliphatic carbocycles. The van der Waals surface area contributed by atoms with Crippen molar-refractivity contribution in [1.82, 2.24) is 4.98 Å². The Morgan fingerprint density at radius 3 is 2.93 bits per heavy atom. The van der Waals surface area contributed by atoms with E-state index in [9.17, 15) is 4.79 Å². The zero-order valence-corrected chi connectivity index (χ0v) is 9.08. The van der Waals surface area contributed by atoms with Crippen molar-refractivity contribution in [2.24, 2.45) is 0 Å². The molecule has 0 N–H and O–H groups in total. The lowest BCUT2D eigenvalue weighted by Crippen LogP contribution is -1.98. The van der Waals surface area contributed by atoms with E-state index in [2.05, 4.69) is 4.98 Å². The van der Waals surface area contributed by atoms with Crippen LogP contribution in [0.2, 0.25) is 5.02 Å². The van der Waals surface area contributed by atoms with Gasteiger partial charge in [0.2, 0.25) is 0 Å². The quantitative estimate of drug-likeness (QED) is 0.724. The predicted molar refractivity (Wildman–Crippen MR) is 61.4 cm³/mol. The maximum absolute atomic E-state index is 11.7. The zero-order chi connectivity index (χ0) is 10.8. The summed E-state index contributed by atoms with van der Waals surface area (Å²) in [5.74, 6) is 0.129. The Morgan fingerprint density at radius 2 is 2.20 bits per heavy atom. The van der Waals surface area contributed by atoms with Gasteiger partial charge in [0.15, 0.2) is 5.78 Å². The van der Waals surface area contributed by atoms with Crippen molar-refractivity contribution in [2.45, 2.75) is 13.3 Å². The molecule has 0 unspecified atom stereocenters. The third kappa shape index (κ3) is 1.85. The highest BCUT2D eigenvalue weighted by Gasteiger charge is 2.08. The van der Waals surface area contributed by atoms with E-state index in [1.54, 1.807) is 24.4 Å². The van der Waals surface area contributed by atoms with Gasteiger partial charge in [0.1, 0.15) is 0 Å². The first kappa shape index (κ1) is 10.1. The molecule has 0 saturated carbocycles. The molecule has 0 spiro atoms. The molecule has 2 rings (SSSR count). The number of rotatable bonds is 2. The van der Waals surface area contributed by atoms with Gasteiger partial charge in [0.25, 0.3) is 0 Å². The highest BCUT2D eigenvalue weighted by atomic mass is 35.5. The van der Waals surface area contributed by atoms with Gasteiger partial charge < -0.3 is 0 Å². The largest absolute Gasteiger partial charge is 0.294 e. The van der Waals surface area contributed by atoms with Crippen LogP contribution in [0, 0.1) is 0 Å². The minimum Gasteiger partial charge on any atom is -0.294 e. The van der Waals surface area contributed by atoms with Crippen molar-refractivity contribution < 1.29 is 4.79 Å². The van der Waals surface area contributed by atoms with Crippen molar-refractivity contribution >= 4 is 28.3 Å². The van der Waals surface area contributed by atoms with Gasteiger partial charge in [-0.25, -0.2) is 0 Å². The van der Waals surface area contributed by atoms with Crippen molar-refractivity contribution in [3.05, 3.63) is 41.0 Å². The molecule has 2 aromatic rings. The number of nitrogens with zero attached hydrogens (tertiary/aromatic N) is 1. The molecule has 0 fully saturated rings. The molecule has 1 aromatic carbocycles. The van der Waals surface area contributed by atoms with Crippen LogP contribution in [0.15, 0.2) is 30.5 Å². The smallest absolute Gasteiger partial charge is 0.163 e. The molecule has 3 heteroatoms. The molecular weight excluding hydrogens is 210 g/mol. The fourth-order valence-corrected chi connectivity index (χ4v) is 1.72. The minimum atomic E-state index is 0.129. The molecule has 76 valence electrons. The number of Topliss-reactive ketones (excluding diaryl/α,β-unsaturated/α-hetero) is 1. The average Bonchev–Trinajstić information content (AvgIpc) is 2.26. The van der Waals surface area contributed by atoms with E-state index in [4.69, 9.17) is 11.6 Å². The lowest BCUT2D eigenvalue weighted by Gasteiger charge is -2.03. The summed E-state index contributed by atoms with van der Waals surface area (Å²) in [5, 5.41) is 1.50. The number of carbonyl (C=O) groups is 1. The van der Waals surface area contributed by atoms with Crippen LogP contribution >= 0.6 is 11.6 Å². The molecule has 0 bridgehead atoms. The third-order valence-corrected chi connectivity index (χ3v) is 2.56. The van der Waals surface area contributed by atoms with Gasteiger partial charge >= 0.3 is 0 Å². The molecule has 0 aliphatic rings. The molecule has 0 saturated heterocycles. The summed E-state index contributed by atoms with van der Waals surface area (Å²) in [6.07, 6.45) is 2.14. The number of benzene rings is 1. The SMILES string of the molecule is CCC(=O)c1ccnc2cc(Cl)ccc12. The van der Waals surface area contributed by atoms with Gasteiger partial charge in [0.05, 0.1) is 5.52 Å². The van der Waals surface area contributed by atoms with E-state index in [1.807, 2.05) is 13.0 Å². The first-order chi connectivity index (χ1) is 7.22. The fourth-order valence-electron chi connectivity index (χ4n) is 1.55. The topological polar surface area (TPSA) is 30.0 Å². The van der Waals surface area contributed by atoms with Gasteiger partial charge in [-0.05, 0) is 18.2 Å². The van der Waals surface area contributed by atoms with Crippen molar-refractivity contribution in [3.63, 3.8) is 0 Å². The molecule has 0 aliphatic heterocycles. The summed E-state index contributed by atoms with van der Waals surface area (Å²) in [6, 6.07) is 7.14. The summed E-state index contributed by atoms with van der Waals surface area (Å²) in [6.45, 7) is 1.85. The van der Waals surface area contributed by atoms with Crippen LogP contribution in [0.25, 0.3) is 10.9 Å². The summed E-state index contributed by atoms with van der Waals surface area (Å²) in [7, 11) is 0. The van der Waals surface area contributed by atoms with Crippen LogP contribution < -0.4 is 0 Å². The van der Waals surface area contributed by atoms with Crippen LogP contribution in [0.5, 0.6) is 0 Å². The second-order valence-corrected chi connectivity index (χ2v) is 3.73. The lowest BCUT2D eigenvalue weighted by atomic mass is 10.0. The van der Waals surface area contributed by atoms with Crippen LogP contribution in [0.3, 0.4) is 0 Å². The van der Waals surface area contributed by atoms with E-state index in [0.29, 0.717) is 11.4 Å². The maximum Gasteiger partial charge on any atom is 0.163 e. The summed E-state index contributed by atoms with van der Waals surface area (Å²) in [4.78, 5) is 15.8. The highest BCUT2D eigenvalue weighted by Crippen LogP contribution is 2.21. The Morgan fingerprint density at radius 1 is 1.40 bits per heavy atom. The van der Waals surface area contributed by atoms with Crippen LogP contribution in [-0.4, -0.2) is 10.8 Å². The molecule has 2 nitrogen and oxygen atoms in total. The monoisotopic (exact) mass is 219 g/mol. The first-order valence-electron chi connectivity index (χ1n) is 4.80. The average molecular weight is 220 g/mol. The second kappa shape index (κ2) is 3.99. The lowest BCUT2D eigenvalue weighted by molar-refractivity contribution is 0.0989. The zero-order valence-electron chi connectivity index (χ0n) is 8.33. The molecule has 0 amide bonds. The predicted octanol–water partition coefficient (Wildman–Crippen LogP) is 3.48. The minimum absolute atomic E-state index is 0.129. The van der Waals surface area contributed by atoms with E-state index >= 15 is 0 Å². The molecule has 15 heavy (non-hydrogen) atoms. The third-order valence-electron chi connectivity index (χ3n) is 2.33.